The molecule has 1 aromatic heterocycles. The topological polar surface area (TPSA) is 85.4 Å². The van der Waals surface area contributed by atoms with E-state index in [1.54, 1.807) is 0 Å². The number of hydrogen-bond acceptors (Lipinski definition) is 5. The minimum atomic E-state index is 0.241. The van der Waals surface area contributed by atoms with E-state index in [0.717, 1.165) is 12.8 Å². The number of aromatic nitrogens is 2. The first-order chi connectivity index (χ1) is 8.83. The molecule has 2 rings (SSSR count). The fraction of sp³-hybridized carbons (Fsp3) is 0.538. The van der Waals surface area contributed by atoms with E-state index in [0.29, 0.717) is 11.9 Å². The highest BCUT2D eigenvalue weighted by Crippen LogP contribution is 2.21. The molecular weight excluding hydrogens is 226 g/mol. The molecule has 5 heteroatoms. The Balaban J connectivity index is 2.16. The molecule has 0 unspecified atom stereocenters. The summed E-state index contributed by atoms with van der Waals surface area (Å²) in [6.45, 7) is 0. The van der Waals surface area contributed by atoms with Gasteiger partial charge >= 0.3 is 0 Å². The van der Waals surface area contributed by atoms with Crippen LogP contribution in [0.1, 0.15) is 49.9 Å². The van der Waals surface area contributed by atoms with Crippen molar-refractivity contribution < 1.29 is 0 Å². The van der Waals surface area contributed by atoms with Gasteiger partial charge in [-0.15, -0.1) is 0 Å². The normalized spacial score (nSPS) is 16.3. The third-order valence-electron chi connectivity index (χ3n) is 3.19. The second-order valence-electron chi connectivity index (χ2n) is 4.51. The molecule has 1 fully saturated rings. The molecule has 0 atom stereocenters. The van der Waals surface area contributed by atoms with Crippen LogP contribution in [0.4, 0.5) is 5.82 Å². The van der Waals surface area contributed by atoms with E-state index < -0.39 is 0 Å². The maximum Gasteiger partial charge on any atom is 0.183 e. The largest absolute Gasteiger partial charge is 0.365 e. The Kier molecular flexibility index (Phi) is 4.09. The van der Waals surface area contributed by atoms with E-state index in [9.17, 15) is 0 Å². The van der Waals surface area contributed by atoms with Gasteiger partial charge in [-0.2, -0.15) is 10.5 Å². The summed E-state index contributed by atoms with van der Waals surface area (Å²) < 4.78 is 0. The summed E-state index contributed by atoms with van der Waals surface area (Å²) in [7, 11) is 0. The number of rotatable bonds is 2. The molecule has 0 amide bonds. The fourth-order valence-electron chi connectivity index (χ4n) is 2.24. The van der Waals surface area contributed by atoms with Crippen molar-refractivity contribution in [3.05, 3.63) is 17.6 Å². The average Bonchev–Trinajstić information content (AvgIpc) is 2.67. The lowest BCUT2D eigenvalue weighted by Gasteiger charge is -2.17. The summed E-state index contributed by atoms with van der Waals surface area (Å²) in [6.07, 6.45) is 8.44. The van der Waals surface area contributed by atoms with E-state index in [2.05, 4.69) is 15.3 Å². The molecule has 0 aromatic carbocycles. The van der Waals surface area contributed by atoms with E-state index in [-0.39, 0.29) is 11.4 Å². The number of nitrogens with one attached hydrogen (secondary N) is 1. The predicted molar refractivity (Wildman–Crippen MR) is 66.6 cm³/mol. The first-order valence-electron chi connectivity index (χ1n) is 6.27. The van der Waals surface area contributed by atoms with Gasteiger partial charge in [0.25, 0.3) is 0 Å². The van der Waals surface area contributed by atoms with Crippen LogP contribution in [0, 0.1) is 22.7 Å². The Bertz CT molecular complexity index is 489. The summed E-state index contributed by atoms with van der Waals surface area (Å²) >= 11 is 0. The van der Waals surface area contributed by atoms with Gasteiger partial charge in [0.15, 0.2) is 17.2 Å². The molecular formula is C13H15N5. The molecule has 1 aliphatic rings. The van der Waals surface area contributed by atoms with Crippen molar-refractivity contribution in [2.45, 2.75) is 44.6 Å². The van der Waals surface area contributed by atoms with Crippen molar-refractivity contribution in [2.75, 3.05) is 5.32 Å². The van der Waals surface area contributed by atoms with Gasteiger partial charge in [0.1, 0.15) is 12.1 Å². The van der Waals surface area contributed by atoms with E-state index in [1.165, 1.54) is 31.9 Å². The van der Waals surface area contributed by atoms with Crippen molar-refractivity contribution in [3.8, 4) is 12.1 Å². The lowest BCUT2D eigenvalue weighted by molar-refractivity contribution is 0.617. The van der Waals surface area contributed by atoms with Gasteiger partial charge in [0.2, 0.25) is 0 Å². The third-order valence-corrected chi connectivity index (χ3v) is 3.19. The van der Waals surface area contributed by atoms with Crippen molar-refractivity contribution in [1.29, 1.82) is 10.5 Å². The molecule has 1 N–H and O–H groups in total. The monoisotopic (exact) mass is 241 g/mol. The minimum absolute atomic E-state index is 0.241. The first-order valence-corrected chi connectivity index (χ1v) is 6.27. The molecule has 0 aliphatic heterocycles. The summed E-state index contributed by atoms with van der Waals surface area (Å²) in [4.78, 5) is 8.08. The van der Waals surface area contributed by atoms with E-state index in [4.69, 9.17) is 10.5 Å². The quantitative estimate of drug-likeness (QED) is 0.803. The maximum atomic E-state index is 8.99. The minimum Gasteiger partial charge on any atom is -0.365 e. The van der Waals surface area contributed by atoms with Crippen LogP contribution in [-0.2, 0) is 0 Å². The molecule has 1 aromatic rings. The van der Waals surface area contributed by atoms with Gasteiger partial charge in [0, 0.05) is 6.04 Å². The Morgan fingerprint density at radius 3 is 2.44 bits per heavy atom. The lowest BCUT2D eigenvalue weighted by Crippen LogP contribution is -2.20. The number of anilines is 1. The molecule has 0 spiro atoms. The van der Waals surface area contributed by atoms with Gasteiger partial charge in [-0.3, -0.25) is 0 Å². The molecule has 5 nitrogen and oxygen atoms in total. The molecule has 1 heterocycles. The molecule has 0 bridgehead atoms. The zero-order chi connectivity index (χ0) is 12.8. The van der Waals surface area contributed by atoms with E-state index in [1.807, 2.05) is 12.1 Å². The van der Waals surface area contributed by atoms with Gasteiger partial charge < -0.3 is 5.32 Å². The van der Waals surface area contributed by atoms with Gasteiger partial charge in [-0.1, -0.05) is 25.7 Å². The van der Waals surface area contributed by atoms with Crippen molar-refractivity contribution in [3.63, 3.8) is 0 Å². The summed E-state index contributed by atoms with van der Waals surface area (Å²) in [6, 6.07) is 4.29. The summed E-state index contributed by atoms with van der Waals surface area (Å²) in [5, 5.41) is 21.1. The molecule has 92 valence electrons. The van der Waals surface area contributed by atoms with Crippen LogP contribution in [0.25, 0.3) is 0 Å². The smallest absolute Gasteiger partial charge is 0.183 e. The Labute approximate surface area is 106 Å². The SMILES string of the molecule is N#Cc1cnc(C#N)c(NC2CCCCCC2)n1. The summed E-state index contributed by atoms with van der Waals surface area (Å²) in [5.74, 6) is 0.448. The van der Waals surface area contributed by atoms with Crippen LogP contribution in [0.3, 0.4) is 0 Å². The number of hydrogen-bond donors (Lipinski definition) is 1. The second-order valence-corrected chi connectivity index (χ2v) is 4.51. The molecule has 1 saturated carbocycles. The van der Waals surface area contributed by atoms with Gasteiger partial charge in [-0.05, 0) is 12.8 Å². The maximum absolute atomic E-state index is 8.99. The standard InChI is InChI=1S/C13H15N5/c14-7-11-9-16-12(8-15)13(18-11)17-10-5-3-1-2-4-6-10/h9-10H,1-6H2,(H,17,18). The van der Waals surface area contributed by atoms with Crippen molar-refractivity contribution >= 4 is 5.82 Å². The fourth-order valence-corrected chi connectivity index (χ4v) is 2.24. The zero-order valence-corrected chi connectivity index (χ0v) is 10.2. The lowest BCUT2D eigenvalue weighted by atomic mass is 10.1. The van der Waals surface area contributed by atoms with Gasteiger partial charge in [0.05, 0.1) is 6.20 Å². The van der Waals surface area contributed by atoms with Gasteiger partial charge in [-0.25, -0.2) is 9.97 Å². The summed E-state index contributed by atoms with van der Waals surface area (Å²) in [5.41, 5.74) is 0.503. The van der Waals surface area contributed by atoms with Crippen LogP contribution in [-0.4, -0.2) is 16.0 Å². The van der Waals surface area contributed by atoms with Crippen molar-refractivity contribution in [2.24, 2.45) is 0 Å². The second kappa shape index (κ2) is 5.97. The van der Waals surface area contributed by atoms with Crippen LogP contribution in [0.2, 0.25) is 0 Å². The predicted octanol–water partition coefficient (Wildman–Crippen LogP) is 2.35. The zero-order valence-electron chi connectivity index (χ0n) is 10.2. The highest BCUT2D eigenvalue weighted by molar-refractivity contribution is 5.49. The molecule has 0 radical (unpaired) electrons. The molecule has 18 heavy (non-hydrogen) atoms. The highest BCUT2D eigenvalue weighted by Gasteiger charge is 2.15. The van der Waals surface area contributed by atoms with Crippen molar-refractivity contribution in [1.82, 2.24) is 9.97 Å². The van der Waals surface area contributed by atoms with Crippen LogP contribution >= 0.6 is 0 Å². The van der Waals surface area contributed by atoms with Crippen LogP contribution in [0.15, 0.2) is 6.20 Å². The van der Waals surface area contributed by atoms with Crippen LogP contribution < -0.4 is 5.32 Å². The highest BCUT2D eigenvalue weighted by atomic mass is 15.0. The number of nitrogens with zero attached hydrogens (tertiary/aromatic N) is 4. The molecule has 0 saturated heterocycles. The third kappa shape index (κ3) is 2.95. The van der Waals surface area contributed by atoms with E-state index >= 15 is 0 Å². The number of nitriles is 2. The Morgan fingerprint density at radius 2 is 1.83 bits per heavy atom. The molecule has 1 aliphatic carbocycles. The first kappa shape index (κ1) is 12.3. The van der Waals surface area contributed by atoms with Crippen LogP contribution in [0.5, 0.6) is 0 Å². The average molecular weight is 241 g/mol. The Hall–Kier alpha value is -2.14. The Morgan fingerprint density at radius 1 is 1.11 bits per heavy atom.